The monoisotopic (exact) mass is 188 g/mol. The van der Waals surface area contributed by atoms with Crippen molar-refractivity contribution >= 4 is 0 Å². The average Bonchev–Trinajstić information content (AvgIpc) is 2.68. The molecule has 0 saturated heterocycles. The number of hydrogen-bond donors (Lipinski definition) is 0. The number of aryl methyl sites for hydroxylation is 1. The molecule has 0 atom stereocenters. The molecule has 4 nitrogen and oxygen atoms in total. The van der Waals surface area contributed by atoms with Gasteiger partial charge in [-0.1, -0.05) is 18.6 Å². The second kappa shape index (κ2) is 4.00. The van der Waals surface area contributed by atoms with E-state index in [-0.39, 0.29) is 0 Å². The first-order valence-corrected chi connectivity index (χ1v) is 4.72. The van der Waals surface area contributed by atoms with Crippen LogP contribution in [0.25, 0.3) is 5.69 Å². The average molecular weight is 188 g/mol. The molecule has 0 radical (unpaired) electrons. The minimum Gasteiger partial charge on any atom is -0.262 e. The molecule has 14 heavy (non-hydrogen) atoms. The summed E-state index contributed by atoms with van der Waals surface area (Å²) in [7, 11) is 0. The Balaban J connectivity index is 2.25. The van der Waals surface area contributed by atoms with Crippen molar-refractivity contribution in [1.82, 2.24) is 20.0 Å². The zero-order chi connectivity index (χ0) is 9.80. The number of pyridine rings is 1. The van der Waals surface area contributed by atoms with Gasteiger partial charge in [0.15, 0.2) is 0 Å². The van der Waals surface area contributed by atoms with Crippen molar-refractivity contribution in [3.63, 3.8) is 0 Å². The summed E-state index contributed by atoms with van der Waals surface area (Å²) in [6.07, 6.45) is 7.52. The van der Waals surface area contributed by atoms with Gasteiger partial charge in [0, 0.05) is 6.20 Å². The minimum atomic E-state index is 0.947. The summed E-state index contributed by atoms with van der Waals surface area (Å²) >= 11 is 0. The highest BCUT2D eigenvalue weighted by atomic mass is 15.4. The van der Waals surface area contributed by atoms with Crippen LogP contribution in [-0.2, 0) is 6.42 Å². The summed E-state index contributed by atoms with van der Waals surface area (Å²) in [5.74, 6) is 0. The van der Waals surface area contributed by atoms with Crippen molar-refractivity contribution in [3.8, 4) is 5.69 Å². The van der Waals surface area contributed by atoms with Gasteiger partial charge in [-0.3, -0.25) is 4.98 Å². The van der Waals surface area contributed by atoms with E-state index in [1.165, 1.54) is 0 Å². The van der Waals surface area contributed by atoms with Crippen molar-refractivity contribution in [1.29, 1.82) is 0 Å². The van der Waals surface area contributed by atoms with E-state index in [1.807, 2.05) is 18.3 Å². The van der Waals surface area contributed by atoms with E-state index in [0.717, 1.165) is 24.2 Å². The second-order valence-corrected chi connectivity index (χ2v) is 3.12. The van der Waals surface area contributed by atoms with E-state index in [0.29, 0.717) is 0 Å². The Morgan fingerprint density at radius 3 is 3.07 bits per heavy atom. The highest BCUT2D eigenvalue weighted by Gasteiger charge is 2.00. The second-order valence-electron chi connectivity index (χ2n) is 3.12. The van der Waals surface area contributed by atoms with Crippen LogP contribution in [-0.4, -0.2) is 20.0 Å². The lowest BCUT2D eigenvalue weighted by molar-refractivity contribution is 0.789. The van der Waals surface area contributed by atoms with Crippen molar-refractivity contribution < 1.29 is 0 Å². The zero-order valence-corrected chi connectivity index (χ0v) is 8.09. The quantitative estimate of drug-likeness (QED) is 0.735. The fourth-order valence-electron chi connectivity index (χ4n) is 1.28. The Morgan fingerprint density at radius 1 is 1.43 bits per heavy atom. The van der Waals surface area contributed by atoms with Crippen LogP contribution in [0.5, 0.6) is 0 Å². The SMILES string of the molecule is CCCc1cn(-c2cccnc2)nn1. The standard InChI is InChI=1S/C10H12N4/c1-2-4-9-8-14(13-12-9)10-5-3-6-11-7-10/h3,5-8H,2,4H2,1H3. The van der Waals surface area contributed by atoms with Crippen molar-refractivity contribution in [3.05, 3.63) is 36.4 Å². The van der Waals surface area contributed by atoms with Gasteiger partial charge >= 0.3 is 0 Å². The van der Waals surface area contributed by atoms with E-state index in [2.05, 4.69) is 22.2 Å². The molecule has 2 heterocycles. The minimum absolute atomic E-state index is 0.947. The van der Waals surface area contributed by atoms with Crippen LogP contribution in [0, 0.1) is 0 Å². The molecule has 72 valence electrons. The molecule has 2 aromatic heterocycles. The van der Waals surface area contributed by atoms with Gasteiger partial charge in [0.05, 0.1) is 23.8 Å². The molecular weight excluding hydrogens is 176 g/mol. The van der Waals surface area contributed by atoms with Gasteiger partial charge in [-0.15, -0.1) is 5.10 Å². The van der Waals surface area contributed by atoms with Gasteiger partial charge in [0.25, 0.3) is 0 Å². The van der Waals surface area contributed by atoms with Gasteiger partial charge in [0.1, 0.15) is 0 Å². The first-order chi connectivity index (χ1) is 6.90. The summed E-state index contributed by atoms with van der Waals surface area (Å²) in [5, 5.41) is 8.10. The molecular formula is C10H12N4. The van der Waals surface area contributed by atoms with Crippen LogP contribution >= 0.6 is 0 Å². The summed E-state index contributed by atoms with van der Waals surface area (Å²) in [6.45, 7) is 2.13. The smallest absolute Gasteiger partial charge is 0.0846 e. The maximum atomic E-state index is 4.07. The Kier molecular flexibility index (Phi) is 2.53. The van der Waals surface area contributed by atoms with E-state index >= 15 is 0 Å². The molecule has 0 N–H and O–H groups in total. The molecule has 0 bridgehead atoms. The number of aromatic nitrogens is 4. The molecule has 0 aliphatic carbocycles. The molecule has 0 fully saturated rings. The Labute approximate surface area is 82.6 Å². The maximum absolute atomic E-state index is 4.07. The first kappa shape index (κ1) is 8.87. The summed E-state index contributed by atoms with van der Waals surface area (Å²) in [6, 6.07) is 3.84. The van der Waals surface area contributed by atoms with E-state index in [9.17, 15) is 0 Å². The molecule has 0 amide bonds. The molecule has 2 rings (SSSR count). The van der Waals surface area contributed by atoms with Gasteiger partial charge in [-0.05, 0) is 18.6 Å². The third-order valence-corrected chi connectivity index (χ3v) is 1.96. The lowest BCUT2D eigenvalue weighted by Gasteiger charge is -1.96. The van der Waals surface area contributed by atoms with Gasteiger partial charge < -0.3 is 0 Å². The summed E-state index contributed by atoms with van der Waals surface area (Å²) < 4.78 is 1.75. The third kappa shape index (κ3) is 1.79. The molecule has 0 saturated carbocycles. The highest BCUT2D eigenvalue weighted by Crippen LogP contribution is 2.04. The number of nitrogens with zero attached hydrogens (tertiary/aromatic N) is 4. The Morgan fingerprint density at radius 2 is 2.36 bits per heavy atom. The van der Waals surface area contributed by atoms with E-state index in [4.69, 9.17) is 0 Å². The fourth-order valence-corrected chi connectivity index (χ4v) is 1.28. The van der Waals surface area contributed by atoms with Crippen molar-refractivity contribution in [2.24, 2.45) is 0 Å². The Bertz CT molecular complexity index is 394. The van der Waals surface area contributed by atoms with Crippen molar-refractivity contribution in [2.45, 2.75) is 19.8 Å². The molecule has 2 aromatic rings. The summed E-state index contributed by atoms with van der Waals surface area (Å²) in [5.41, 5.74) is 1.97. The predicted octanol–water partition coefficient (Wildman–Crippen LogP) is 1.61. The molecule has 0 aromatic carbocycles. The van der Waals surface area contributed by atoms with Crippen LogP contribution in [0.2, 0.25) is 0 Å². The van der Waals surface area contributed by atoms with Crippen LogP contribution in [0.4, 0.5) is 0 Å². The summed E-state index contributed by atoms with van der Waals surface area (Å²) in [4.78, 5) is 4.03. The van der Waals surface area contributed by atoms with Crippen LogP contribution in [0.3, 0.4) is 0 Å². The Hall–Kier alpha value is -1.71. The molecule has 0 unspecified atom stereocenters. The van der Waals surface area contributed by atoms with Crippen LogP contribution in [0.15, 0.2) is 30.7 Å². The lowest BCUT2D eigenvalue weighted by atomic mass is 10.3. The van der Waals surface area contributed by atoms with Gasteiger partial charge in [0.2, 0.25) is 0 Å². The predicted molar refractivity (Wildman–Crippen MR) is 53.1 cm³/mol. The normalized spacial score (nSPS) is 10.4. The largest absolute Gasteiger partial charge is 0.262 e. The van der Waals surface area contributed by atoms with Gasteiger partial charge in [-0.25, -0.2) is 4.68 Å². The third-order valence-electron chi connectivity index (χ3n) is 1.96. The highest BCUT2D eigenvalue weighted by molar-refractivity contribution is 5.26. The van der Waals surface area contributed by atoms with Gasteiger partial charge in [-0.2, -0.15) is 0 Å². The molecule has 0 aliphatic heterocycles. The molecule has 0 aliphatic rings. The topological polar surface area (TPSA) is 43.6 Å². The van der Waals surface area contributed by atoms with Crippen LogP contribution in [0.1, 0.15) is 19.0 Å². The van der Waals surface area contributed by atoms with E-state index in [1.54, 1.807) is 17.1 Å². The number of hydrogen-bond acceptors (Lipinski definition) is 3. The first-order valence-electron chi connectivity index (χ1n) is 4.72. The maximum Gasteiger partial charge on any atom is 0.0846 e. The molecule has 4 heteroatoms. The molecule has 0 spiro atoms. The fraction of sp³-hybridized carbons (Fsp3) is 0.300. The zero-order valence-electron chi connectivity index (χ0n) is 8.09. The van der Waals surface area contributed by atoms with Crippen molar-refractivity contribution in [2.75, 3.05) is 0 Å². The van der Waals surface area contributed by atoms with E-state index < -0.39 is 0 Å². The lowest BCUT2D eigenvalue weighted by Crippen LogP contribution is -1.94. The number of rotatable bonds is 3. The van der Waals surface area contributed by atoms with Crippen LogP contribution < -0.4 is 0 Å².